The second kappa shape index (κ2) is 10.8. The molecule has 1 atom stereocenters. The van der Waals surface area contributed by atoms with Crippen molar-refractivity contribution < 1.29 is 29.3 Å². The third-order valence-electron chi connectivity index (χ3n) is 3.50. The normalized spacial score (nSPS) is 11.6. The molecule has 0 saturated heterocycles. The summed E-state index contributed by atoms with van der Waals surface area (Å²) in [6, 6.07) is 9.53. The number of anilines is 1. The van der Waals surface area contributed by atoms with E-state index in [4.69, 9.17) is 33.0 Å². The number of amides is 1. The molecule has 0 aliphatic heterocycles. The number of ether oxygens (including phenoxy) is 1. The van der Waals surface area contributed by atoms with Crippen molar-refractivity contribution in [1.82, 2.24) is 0 Å². The van der Waals surface area contributed by atoms with Crippen LogP contribution in [0, 0.1) is 0 Å². The van der Waals surface area contributed by atoms with Crippen LogP contribution in [0.2, 0.25) is 10.0 Å². The molecule has 1 unspecified atom stereocenters. The Bertz CT molecular complexity index is 943. The molecular weight excluding hydrogens is 508 g/mol. The Morgan fingerprint density at radius 2 is 1.90 bits per heavy atom. The Kier molecular flexibility index (Phi) is 8.67. The van der Waals surface area contributed by atoms with Crippen LogP contribution < -0.4 is 14.5 Å². The second-order valence-corrected chi connectivity index (χ2v) is 10.4. The van der Waals surface area contributed by atoms with Crippen molar-refractivity contribution in [2.24, 2.45) is 0 Å². The van der Waals surface area contributed by atoms with E-state index in [2.05, 4.69) is 5.32 Å². The Morgan fingerprint density at radius 1 is 1.17 bits per heavy atom. The van der Waals surface area contributed by atoms with E-state index in [-0.39, 0.29) is 5.02 Å². The number of rotatable bonds is 9. The first-order chi connectivity index (χ1) is 13.7. The van der Waals surface area contributed by atoms with Gasteiger partial charge in [-0.3, -0.25) is 0 Å². The van der Waals surface area contributed by atoms with Gasteiger partial charge in [0.25, 0.3) is 0 Å². The van der Waals surface area contributed by atoms with Crippen molar-refractivity contribution in [2.75, 3.05) is 12.4 Å². The van der Waals surface area contributed by atoms with Crippen molar-refractivity contribution in [1.29, 1.82) is 0 Å². The van der Waals surface area contributed by atoms with Gasteiger partial charge in [0, 0.05) is 0 Å². The van der Waals surface area contributed by atoms with Gasteiger partial charge in [-0.1, -0.05) is 0 Å². The van der Waals surface area contributed by atoms with Crippen LogP contribution in [0.25, 0.3) is 0 Å². The van der Waals surface area contributed by atoms with Gasteiger partial charge in [0.2, 0.25) is 0 Å². The molecule has 0 heterocycles. The molecule has 0 radical (unpaired) electrons. The SMILES string of the molecule is COc1cccc(C(=O)Nc2ccc(Cl)c(Cl)c2)c1[Se]SC(CC(=O)O)C(=O)O. The summed E-state index contributed by atoms with van der Waals surface area (Å²) in [5.41, 5.74) is 0.731. The number of aliphatic carboxylic acids is 2. The Labute approximate surface area is 185 Å². The number of nitrogens with one attached hydrogen (secondary N) is 1. The maximum atomic E-state index is 12.8. The Morgan fingerprint density at radius 3 is 2.48 bits per heavy atom. The third-order valence-corrected chi connectivity index (χ3v) is 9.11. The van der Waals surface area contributed by atoms with Gasteiger partial charge in [-0.15, -0.1) is 0 Å². The zero-order valence-electron chi connectivity index (χ0n) is 14.8. The number of hydrogen-bond acceptors (Lipinski definition) is 5. The number of halogens is 2. The first-order valence-electron chi connectivity index (χ1n) is 7.94. The average Bonchev–Trinajstić information content (AvgIpc) is 2.67. The number of methoxy groups -OCH3 is 1. The molecule has 0 aromatic heterocycles. The molecule has 0 bridgehead atoms. The van der Waals surface area contributed by atoms with Crippen LogP contribution >= 0.6 is 33.4 Å². The molecule has 7 nitrogen and oxygen atoms in total. The molecule has 2 rings (SSSR count). The fraction of sp³-hybridized carbons (Fsp3) is 0.167. The fourth-order valence-electron chi connectivity index (χ4n) is 2.14. The summed E-state index contributed by atoms with van der Waals surface area (Å²) in [6.07, 6.45) is -0.526. The van der Waals surface area contributed by atoms with Gasteiger partial charge >= 0.3 is 186 Å². The predicted octanol–water partition coefficient (Wildman–Crippen LogP) is 3.16. The van der Waals surface area contributed by atoms with Gasteiger partial charge in [0.05, 0.1) is 0 Å². The van der Waals surface area contributed by atoms with E-state index in [1.807, 2.05) is 0 Å². The van der Waals surface area contributed by atoms with Gasteiger partial charge in [-0.2, -0.15) is 0 Å². The Hall–Kier alpha value is -1.90. The number of carbonyl (C=O) groups excluding carboxylic acids is 1. The zero-order chi connectivity index (χ0) is 21.6. The molecule has 154 valence electrons. The summed E-state index contributed by atoms with van der Waals surface area (Å²) in [7, 11) is 2.40. The zero-order valence-corrected chi connectivity index (χ0v) is 18.9. The van der Waals surface area contributed by atoms with Crippen LogP contribution in [-0.4, -0.2) is 54.3 Å². The van der Waals surface area contributed by atoms with Gasteiger partial charge in [-0.25, -0.2) is 0 Å². The number of hydrogen-bond donors (Lipinski definition) is 3. The van der Waals surface area contributed by atoms with E-state index in [1.54, 1.807) is 30.3 Å². The quantitative estimate of drug-likeness (QED) is 0.433. The molecule has 0 spiro atoms. The maximum absolute atomic E-state index is 12.8. The minimum atomic E-state index is -1.23. The molecule has 3 N–H and O–H groups in total. The molecule has 29 heavy (non-hydrogen) atoms. The van der Waals surface area contributed by atoms with Crippen LogP contribution in [0.15, 0.2) is 36.4 Å². The monoisotopic (exact) mass is 523 g/mol. The van der Waals surface area contributed by atoms with E-state index in [0.29, 0.717) is 26.5 Å². The second-order valence-electron chi connectivity index (χ2n) is 5.52. The molecule has 0 fully saturated rings. The first kappa shape index (κ1) is 23.4. The summed E-state index contributed by atoms with van der Waals surface area (Å²) in [6.45, 7) is 0. The van der Waals surface area contributed by atoms with E-state index in [9.17, 15) is 19.5 Å². The van der Waals surface area contributed by atoms with Crippen LogP contribution in [0.4, 0.5) is 5.69 Å². The van der Waals surface area contributed by atoms with Gasteiger partial charge in [-0.05, 0) is 0 Å². The molecule has 2 aromatic carbocycles. The minimum absolute atomic E-state index is 0.285. The molecule has 2 aromatic rings. The van der Waals surface area contributed by atoms with Crippen LogP contribution in [-0.2, 0) is 9.59 Å². The van der Waals surface area contributed by atoms with Crippen LogP contribution in [0.3, 0.4) is 0 Å². The Balaban J connectivity index is 2.27. The summed E-state index contributed by atoms with van der Waals surface area (Å²) in [5.74, 6) is -2.46. The van der Waals surface area contributed by atoms with E-state index < -0.39 is 43.4 Å². The van der Waals surface area contributed by atoms with Crippen molar-refractivity contribution in [2.45, 2.75) is 11.7 Å². The van der Waals surface area contributed by atoms with E-state index >= 15 is 0 Å². The van der Waals surface area contributed by atoms with E-state index in [1.165, 1.54) is 13.2 Å². The summed E-state index contributed by atoms with van der Waals surface area (Å²) >= 11 is 11.2. The standard InChI is InChI=1S/C18H15Cl2NO6SSe/c1-27-13-4-2-3-10(16(13)29-28-14(18(25)26)8-15(22)23)17(24)21-9-5-6-11(19)12(20)7-9/h2-7,14H,8H2,1H3,(H,21,24)(H,22,23)(H,25,26). The first-order valence-corrected chi connectivity index (χ1v) is 12.5. The van der Waals surface area contributed by atoms with Gasteiger partial charge < -0.3 is 0 Å². The molecule has 0 saturated carbocycles. The number of carboxylic acid groups (broad SMARTS) is 2. The van der Waals surface area contributed by atoms with Crippen molar-refractivity contribution in [3.63, 3.8) is 0 Å². The molecule has 1 amide bonds. The van der Waals surface area contributed by atoms with Gasteiger partial charge in [0.1, 0.15) is 0 Å². The predicted molar refractivity (Wildman–Crippen MR) is 114 cm³/mol. The average molecular weight is 523 g/mol. The van der Waals surface area contributed by atoms with Crippen molar-refractivity contribution >= 4 is 75.2 Å². The number of carbonyl (C=O) groups is 3. The van der Waals surface area contributed by atoms with Crippen molar-refractivity contribution in [3.8, 4) is 5.75 Å². The topological polar surface area (TPSA) is 113 Å². The third kappa shape index (κ3) is 6.55. The number of carboxylic acids is 2. The van der Waals surface area contributed by atoms with Crippen LogP contribution in [0.5, 0.6) is 5.75 Å². The molecule has 0 aliphatic carbocycles. The number of benzene rings is 2. The summed E-state index contributed by atoms with van der Waals surface area (Å²) < 4.78 is 5.83. The van der Waals surface area contributed by atoms with Gasteiger partial charge in [0.15, 0.2) is 0 Å². The summed E-state index contributed by atoms with van der Waals surface area (Å²) in [5, 5.41) is 20.4. The van der Waals surface area contributed by atoms with Crippen LogP contribution in [0.1, 0.15) is 16.8 Å². The molecule has 0 aliphatic rings. The molecule has 11 heteroatoms. The fourth-order valence-corrected chi connectivity index (χ4v) is 7.14. The molecular formula is C18H15Cl2NO6SSe. The summed E-state index contributed by atoms with van der Waals surface area (Å²) in [4.78, 5) is 35.0. The van der Waals surface area contributed by atoms with E-state index in [0.717, 1.165) is 10.2 Å². The van der Waals surface area contributed by atoms with Crippen molar-refractivity contribution in [3.05, 3.63) is 52.0 Å².